The van der Waals surface area contributed by atoms with Gasteiger partial charge in [-0.25, -0.2) is 18.6 Å². The standard InChI is InChI=1S/C23H24F2N6O2/c1-30-9-11-31(12-10-30)20-8-7-15(13-17(20)24)27-23-26-14-18(25)21(29-23)28-19-6-4-3-5-16(19)22(32)33-2/h3-8,13-14H,9-12H2,1-2H3,(H2,26,27,28,29). The Morgan fingerprint density at radius 1 is 1.03 bits per heavy atom. The topological polar surface area (TPSA) is 82.6 Å². The molecule has 1 saturated heterocycles. The number of hydrogen-bond acceptors (Lipinski definition) is 8. The summed E-state index contributed by atoms with van der Waals surface area (Å²) in [6.45, 7) is 3.25. The fraction of sp³-hybridized carbons (Fsp3) is 0.261. The van der Waals surface area contributed by atoms with Crippen molar-refractivity contribution in [1.29, 1.82) is 0 Å². The minimum atomic E-state index is -0.711. The highest BCUT2D eigenvalue weighted by Crippen LogP contribution is 2.27. The second kappa shape index (κ2) is 9.78. The van der Waals surface area contributed by atoms with Gasteiger partial charge in [-0.15, -0.1) is 0 Å². The lowest BCUT2D eigenvalue weighted by Gasteiger charge is -2.34. The smallest absolute Gasteiger partial charge is 0.339 e. The number of anilines is 5. The molecule has 0 spiro atoms. The quantitative estimate of drug-likeness (QED) is 0.545. The van der Waals surface area contributed by atoms with Gasteiger partial charge < -0.3 is 25.2 Å². The number of methoxy groups -OCH3 is 1. The van der Waals surface area contributed by atoms with Gasteiger partial charge >= 0.3 is 5.97 Å². The second-order valence-corrected chi connectivity index (χ2v) is 7.63. The predicted octanol–water partition coefficient (Wildman–Crippen LogP) is 3.78. The van der Waals surface area contributed by atoms with Crippen LogP contribution >= 0.6 is 0 Å². The molecule has 0 bridgehead atoms. The summed E-state index contributed by atoms with van der Waals surface area (Å²) < 4.78 is 33.9. The molecule has 2 aromatic carbocycles. The Morgan fingerprint density at radius 3 is 2.52 bits per heavy atom. The minimum Gasteiger partial charge on any atom is -0.465 e. The number of likely N-dealkylation sites (N-methyl/N-ethyl adjacent to an activating group) is 1. The van der Waals surface area contributed by atoms with Crippen molar-refractivity contribution in [2.45, 2.75) is 0 Å². The monoisotopic (exact) mass is 454 g/mol. The van der Waals surface area contributed by atoms with Crippen LogP contribution in [0.25, 0.3) is 0 Å². The molecule has 10 heteroatoms. The van der Waals surface area contributed by atoms with Gasteiger partial charge in [-0.3, -0.25) is 0 Å². The van der Waals surface area contributed by atoms with Crippen LogP contribution in [-0.2, 0) is 4.74 Å². The Labute approximate surface area is 190 Å². The first-order chi connectivity index (χ1) is 15.9. The van der Waals surface area contributed by atoms with E-state index in [1.807, 2.05) is 11.9 Å². The molecule has 2 heterocycles. The van der Waals surface area contributed by atoms with E-state index in [2.05, 4.69) is 25.5 Å². The number of rotatable bonds is 6. The van der Waals surface area contributed by atoms with E-state index in [1.165, 1.54) is 13.2 Å². The Bertz CT molecular complexity index is 1150. The number of nitrogens with zero attached hydrogens (tertiary/aromatic N) is 4. The molecule has 1 aliphatic rings. The Kier molecular flexibility index (Phi) is 6.64. The SMILES string of the molecule is COC(=O)c1ccccc1Nc1nc(Nc2ccc(N3CCN(C)CC3)c(F)c2)ncc1F. The summed E-state index contributed by atoms with van der Waals surface area (Å²) >= 11 is 0. The Balaban J connectivity index is 1.52. The summed E-state index contributed by atoms with van der Waals surface area (Å²) in [7, 11) is 3.31. The zero-order valence-corrected chi connectivity index (χ0v) is 18.3. The molecule has 4 rings (SSSR count). The number of hydrogen-bond donors (Lipinski definition) is 2. The number of carbonyl (C=O) groups is 1. The van der Waals surface area contributed by atoms with Crippen LogP contribution in [0.4, 0.5) is 37.6 Å². The van der Waals surface area contributed by atoms with Crippen molar-refractivity contribution < 1.29 is 18.3 Å². The van der Waals surface area contributed by atoms with Crippen LogP contribution in [0.3, 0.4) is 0 Å². The van der Waals surface area contributed by atoms with Gasteiger partial charge in [0.15, 0.2) is 11.6 Å². The zero-order chi connectivity index (χ0) is 23.4. The average molecular weight is 454 g/mol. The van der Waals surface area contributed by atoms with Crippen LogP contribution < -0.4 is 15.5 Å². The fourth-order valence-electron chi connectivity index (χ4n) is 3.54. The summed E-state index contributed by atoms with van der Waals surface area (Å²) in [5.41, 5.74) is 1.53. The van der Waals surface area contributed by atoms with Crippen LogP contribution in [0.5, 0.6) is 0 Å². The van der Waals surface area contributed by atoms with Gasteiger partial charge in [-0.2, -0.15) is 4.98 Å². The average Bonchev–Trinajstić information content (AvgIpc) is 2.82. The van der Waals surface area contributed by atoms with Gasteiger partial charge in [-0.05, 0) is 37.4 Å². The number of ether oxygens (including phenoxy) is 1. The van der Waals surface area contributed by atoms with Gasteiger partial charge in [0.1, 0.15) is 5.82 Å². The van der Waals surface area contributed by atoms with E-state index in [1.54, 1.807) is 36.4 Å². The summed E-state index contributed by atoms with van der Waals surface area (Å²) in [6.07, 6.45) is 0.993. The third-order valence-electron chi connectivity index (χ3n) is 5.38. The van der Waals surface area contributed by atoms with Crippen molar-refractivity contribution >= 4 is 34.8 Å². The molecule has 172 valence electrons. The van der Waals surface area contributed by atoms with Gasteiger partial charge in [-0.1, -0.05) is 12.1 Å². The summed E-state index contributed by atoms with van der Waals surface area (Å²) in [5, 5.41) is 5.69. The van der Waals surface area contributed by atoms with Crippen molar-refractivity contribution in [3.05, 3.63) is 65.9 Å². The third-order valence-corrected chi connectivity index (χ3v) is 5.38. The highest BCUT2D eigenvalue weighted by atomic mass is 19.1. The molecule has 0 saturated carbocycles. The van der Waals surface area contributed by atoms with E-state index in [-0.39, 0.29) is 23.1 Å². The lowest BCUT2D eigenvalue weighted by molar-refractivity contribution is 0.0602. The molecule has 0 aliphatic carbocycles. The largest absolute Gasteiger partial charge is 0.465 e. The van der Waals surface area contributed by atoms with Crippen molar-refractivity contribution in [3.63, 3.8) is 0 Å². The molecular weight excluding hydrogens is 430 g/mol. The molecule has 0 unspecified atom stereocenters. The minimum absolute atomic E-state index is 0.0706. The molecule has 33 heavy (non-hydrogen) atoms. The maximum absolute atomic E-state index is 14.8. The molecular formula is C23H24F2N6O2. The second-order valence-electron chi connectivity index (χ2n) is 7.63. The number of nitrogens with one attached hydrogen (secondary N) is 2. The first-order valence-corrected chi connectivity index (χ1v) is 10.4. The lowest BCUT2D eigenvalue weighted by atomic mass is 10.2. The zero-order valence-electron chi connectivity index (χ0n) is 18.3. The fourth-order valence-corrected chi connectivity index (χ4v) is 3.54. The highest BCUT2D eigenvalue weighted by molar-refractivity contribution is 5.96. The lowest BCUT2D eigenvalue weighted by Crippen LogP contribution is -2.44. The Morgan fingerprint density at radius 2 is 1.79 bits per heavy atom. The number of aromatic nitrogens is 2. The molecule has 1 aromatic heterocycles. The number of piperazine rings is 1. The summed E-state index contributed by atoms with van der Waals surface area (Å²) in [4.78, 5) is 24.2. The van der Waals surface area contributed by atoms with Gasteiger partial charge in [0.25, 0.3) is 0 Å². The van der Waals surface area contributed by atoms with E-state index in [9.17, 15) is 13.6 Å². The summed E-state index contributed by atoms with van der Waals surface area (Å²) in [6, 6.07) is 11.3. The van der Waals surface area contributed by atoms with Crippen LogP contribution in [0, 0.1) is 11.6 Å². The molecule has 2 N–H and O–H groups in total. The van der Waals surface area contributed by atoms with Gasteiger partial charge in [0.05, 0.1) is 30.2 Å². The maximum Gasteiger partial charge on any atom is 0.339 e. The molecule has 3 aromatic rings. The molecule has 1 fully saturated rings. The third kappa shape index (κ3) is 5.17. The normalized spacial score (nSPS) is 14.1. The molecule has 0 amide bonds. The first kappa shape index (κ1) is 22.4. The number of halogens is 2. The molecule has 1 aliphatic heterocycles. The molecule has 8 nitrogen and oxygen atoms in total. The van der Waals surface area contributed by atoms with Gasteiger partial charge in [0.2, 0.25) is 5.95 Å². The summed E-state index contributed by atoms with van der Waals surface area (Å²) in [5.74, 6) is -1.71. The number of carbonyl (C=O) groups excluding carboxylic acids is 1. The van der Waals surface area contributed by atoms with Crippen LogP contribution in [0.1, 0.15) is 10.4 Å². The van der Waals surface area contributed by atoms with E-state index in [0.29, 0.717) is 17.1 Å². The van der Waals surface area contributed by atoms with E-state index in [0.717, 1.165) is 32.4 Å². The van der Waals surface area contributed by atoms with E-state index in [4.69, 9.17) is 4.74 Å². The van der Waals surface area contributed by atoms with Crippen LogP contribution in [0.15, 0.2) is 48.7 Å². The highest BCUT2D eigenvalue weighted by Gasteiger charge is 2.18. The molecule has 0 atom stereocenters. The first-order valence-electron chi connectivity index (χ1n) is 10.4. The van der Waals surface area contributed by atoms with Crippen LogP contribution in [-0.4, -0.2) is 61.2 Å². The van der Waals surface area contributed by atoms with Crippen LogP contribution in [0.2, 0.25) is 0 Å². The molecule has 0 radical (unpaired) electrons. The Hall–Kier alpha value is -3.79. The van der Waals surface area contributed by atoms with Crippen molar-refractivity contribution in [1.82, 2.24) is 14.9 Å². The van der Waals surface area contributed by atoms with Crippen molar-refractivity contribution in [3.8, 4) is 0 Å². The number of esters is 1. The number of para-hydroxylation sites is 1. The van der Waals surface area contributed by atoms with E-state index >= 15 is 0 Å². The van der Waals surface area contributed by atoms with E-state index < -0.39 is 11.8 Å². The van der Waals surface area contributed by atoms with Crippen molar-refractivity contribution in [2.24, 2.45) is 0 Å². The maximum atomic E-state index is 14.8. The van der Waals surface area contributed by atoms with Gasteiger partial charge in [0, 0.05) is 31.9 Å². The predicted molar refractivity (Wildman–Crippen MR) is 122 cm³/mol. The number of benzene rings is 2. The van der Waals surface area contributed by atoms with Crippen molar-refractivity contribution in [2.75, 3.05) is 55.9 Å².